The summed E-state index contributed by atoms with van der Waals surface area (Å²) >= 11 is 3.32. The molecule has 108 valence electrons. The van der Waals surface area contributed by atoms with Crippen molar-refractivity contribution in [3.63, 3.8) is 0 Å². The number of hydrogen-bond acceptors (Lipinski definition) is 2. The molecule has 1 aliphatic heterocycles. The van der Waals surface area contributed by atoms with Crippen LogP contribution in [0.2, 0.25) is 0 Å². The Kier molecular flexibility index (Phi) is 3.51. The number of hydrogen-bond donors (Lipinski definition) is 1. The Balaban J connectivity index is 2.01. The normalized spacial score (nSPS) is 17.2. The van der Waals surface area contributed by atoms with Crippen molar-refractivity contribution in [2.24, 2.45) is 5.73 Å². The van der Waals surface area contributed by atoms with E-state index in [1.165, 1.54) is 4.90 Å². The highest BCUT2D eigenvalue weighted by molar-refractivity contribution is 9.10. The van der Waals surface area contributed by atoms with Gasteiger partial charge in [0.05, 0.1) is 12.2 Å². The Labute approximate surface area is 128 Å². The second-order valence-electron chi connectivity index (χ2n) is 4.85. The van der Waals surface area contributed by atoms with E-state index in [1.54, 1.807) is 0 Å². The lowest BCUT2D eigenvalue weighted by molar-refractivity contribution is -0.119. The SMILES string of the molecule is NC1C(=O)N(Cc2ccc(Br)cc2)c2cc(F)cc(F)c21. The molecular formula is C15H11BrF2N2O. The van der Waals surface area contributed by atoms with E-state index in [4.69, 9.17) is 5.73 Å². The summed E-state index contributed by atoms with van der Waals surface area (Å²) in [4.78, 5) is 13.5. The smallest absolute Gasteiger partial charge is 0.249 e. The van der Waals surface area contributed by atoms with Crippen molar-refractivity contribution in [1.29, 1.82) is 0 Å². The van der Waals surface area contributed by atoms with Gasteiger partial charge in [0, 0.05) is 16.1 Å². The number of amides is 1. The number of nitrogens with two attached hydrogens (primary N) is 1. The van der Waals surface area contributed by atoms with Gasteiger partial charge in [-0.1, -0.05) is 28.1 Å². The molecule has 21 heavy (non-hydrogen) atoms. The van der Waals surface area contributed by atoms with Gasteiger partial charge >= 0.3 is 0 Å². The Morgan fingerprint density at radius 2 is 1.86 bits per heavy atom. The highest BCUT2D eigenvalue weighted by Gasteiger charge is 2.37. The molecule has 0 bridgehead atoms. The van der Waals surface area contributed by atoms with Gasteiger partial charge in [-0.3, -0.25) is 4.79 Å². The largest absolute Gasteiger partial charge is 0.316 e. The van der Waals surface area contributed by atoms with E-state index in [0.717, 1.165) is 22.2 Å². The molecule has 1 aliphatic rings. The average Bonchev–Trinajstić information content (AvgIpc) is 2.66. The van der Waals surface area contributed by atoms with Crippen molar-refractivity contribution in [2.45, 2.75) is 12.6 Å². The van der Waals surface area contributed by atoms with Crippen LogP contribution in [-0.2, 0) is 11.3 Å². The summed E-state index contributed by atoms with van der Waals surface area (Å²) in [6.07, 6.45) is 0. The molecule has 0 spiro atoms. The Morgan fingerprint density at radius 3 is 2.52 bits per heavy atom. The number of benzene rings is 2. The Hall–Kier alpha value is -1.79. The summed E-state index contributed by atoms with van der Waals surface area (Å²) in [7, 11) is 0. The number of carbonyl (C=O) groups is 1. The molecule has 1 unspecified atom stereocenters. The van der Waals surface area contributed by atoms with E-state index >= 15 is 0 Å². The summed E-state index contributed by atoms with van der Waals surface area (Å²) in [6, 6.07) is 8.13. The summed E-state index contributed by atoms with van der Waals surface area (Å²) in [5, 5.41) is 0. The molecule has 2 aromatic carbocycles. The molecule has 6 heteroatoms. The lowest BCUT2D eigenvalue weighted by atomic mass is 10.1. The standard InChI is InChI=1S/C15H11BrF2N2O/c16-9-3-1-8(2-4-9)7-20-12-6-10(17)5-11(18)13(12)14(19)15(20)21/h1-6,14H,7,19H2. The molecule has 1 amide bonds. The predicted molar refractivity (Wildman–Crippen MR) is 78.6 cm³/mol. The van der Waals surface area contributed by atoms with Crippen LogP contribution < -0.4 is 10.6 Å². The van der Waals surface area contributed by atoms with Crippen LogP contribution in [0.4, 0.5) is 14.5 Å². The molecule has 0 fully saturated rings. The van der Waals surface area contributed by atoms with Crippen LogP contribution in [0, 0.1) is 11.6 Å². The monoisotopic (exact) mass is 352 g/mol. The number of rotatable bonds is 2. The lowest BCUT2D eigenvalue weighted by Gasteiger charge is -2.18. The highest BCUT2D eigenvalue weighted by Crippen LogP contribution is 2.38. The minimum atomic E-state index is -1.09. The zero-order valence-corrected chi connectivity index (χ0v) is 12.4. The van der Waals surface area contributed by atoms with Crippen LogP contribution in [0.3, 0.4) is 0 Å². The molecule has 0 aromatic heterocycles. The summed E-state index contributed by atoms with van der Waals surface area (Å²) in [6.45, 7) is 0.218. The van der Waals surface area contributed by atoms with E-state index in [1.807, 2.05) is 24.3 Å². The van der Waals surface area contributed by atoms with Gasteiger partial charge in [0.1, 0.15) is 17.7 Å². The van der Waals surface area contributed by atoms with Crippen LogP contribution in [0.15, 0.2) is 40.9 Å². The Bertz CT molecular complexity index is 718. The molecule has 1 heterocycles. The van der Waals surface area contributed by atoms with E-state index in [2.05, 4.69) is 15.9 Å². The maximum Gasteiger partial charge on any atom is 0.249 e. The molecule has 0 radical (unpaired) electrons. The van der Waals surface area contributed by atoms with Crippen LogP contribution in [0.25, 0.3) is 0 Å². The first-order valence-corrected chi connectivity index (χ1v) is 7.07. The maximum absolute atomic E-state index is 13.8. The third-order valence-electron chi connectivity index (χ3n) is 3.46. The molecule has 0 saturated heterocycles. The van der Waals surface area contributed by atoms with Crippen LogP contribution in [0.1, 0.15) is 17.2 Å². The number of halogens is 3. The summed E-state index contributed by atoms with van der Waals surface area (Å²) in [5.74, 6) is -1.95. The second kappa shape index (κ2) is 5.20. The van der Waals surface area contributed by atoms with Gasteiger partial charge in [-0.25, -0.2) is 8.78 Å². The van der Waals surface area contributed by atoms with Gasteiger partial charge in [-0.15, -0.1) is 0 Å². The zero-order valence-electron chi connectivity index (χ0n) is 10.8. The number of fused-ring (bicyclic) bond motifs is 1. The van der Waals surface area contributed by atoms with Gasteiger partial charge in [0.15, 0.2) is 0 Å². The van der Waals surface area contributed by atoms with Crippen LogP contribution in [-0.4, -0.2) is 5.91 Å². The van der Waals surface area contributed by atoms with Crippen LogP contribution >= 0.6 is 15.9 Å². The van der Waals surface area contributed by atoms with E-state index in [0.29, 0.717) is 0 Å². The topological polar surface area (TPSA) is 46.3 Å². The first-order valence-electron chi connectivity index (χ1n) is 6.27. The predicted octanol–water partition coefficient (Wildman–Crippen LogP) is 3.27. The summed E-state index contributed by atoms with van der Waals surface area (Å²) in [5.41, 5.74) is 6.85. The molecule has 2 aromatic rings. The highest BCUT2D eigenvalue weighted by atomic mass is 79.9. The van der Waals surface area contributed by atoms with Crippen molar-refractivity contribution < 1.29 is 13.6 Å². The second-order valence-corrected chi connectivity index (χ2v) is 5.76. The third-order valence-corrected chi connectivity index (χ3v) is 3.99. The van der Waals surface area contributed by atoms with Crippen molar-refractivity contribution in [2.75, 3.05) is 4.90 Å². The minimum Gasteiger partial charge on any atom is -0.316 e. The third kappa shape index (κ3) is 2.45. The first-order chi connectivity index (χ1) is 9.97. The fraction of sp³-hybridized carbons (Fsp3) is 0.133. The van der Waals surface area contributed by atoms with Crippen molar-refractivity contribution in [3.05, 3.63) is 63.6 Å². The van der Waals surface area contributed by atoms with Crippen molar-refractivity contribution in [1.82, 2.24) is 0 Å². The molecular weight excluding hydrogens is 342 g/mol. The van der Waals surface area contributed by atoms with Gasteiger partial charge < -0.3 is 10.6 Å². The maximum atomic E-state index is 13.8. The molecule has 0 saturated carbocycles. The van der Waals surface area contributed by atoms with E-state index in [9.17, 15) is 13.6 Å². The molecule has 3 rings (SSSR count). The van der Waals surface area contributed by atoms with Gasteiger partial charge in [0.2, 0.25) is 5.91 Å². The number of anilines is 1. The zero-order chi connectivity index (χ0) is 15.1. The minimum absolute atomic E-state index is 0.0542. The summed E-state index contributed by atoms with van der Waals surface area (Å²) < 4.78 is 28.2. The molecule has 2 N–H and O–H groups in total. The fourth-order valence-electron chi connectivity index (χ4n) is 2.45. The lowest BCUT2D eigenvalue weighted by Crippen LogP contribution is -2.31. The molecule has 1 atom stereocenters. The Morgan fingerprint density at radius 1 is 1.19 bits per heavy atom. The van der Waals surface area contributed by atoms with Gasteiger partial charge in [0.25, 0.3) is 0 Å². The van der Waals surface area contributed by atoms with Crippen LogP contribution in [0.5, 0.6) is 0 Å². The van der Waals surface area contributed by atoms with E-state index in [-0.39, 0.29) is 17.8 Å². The fourth-order valence-corrected chi connectivity index (χ4v) is 2.71. The first kappa shape index (κ1) is 14.2. The van der Waals surface area contributed by atoms with Gasteiger partial charge in [-0.2, -0.15) is 0 Å². The average molecular weight is 353 g/mol. The molecule has 3 nitrogen and oxygen atoms in total. The van der Waals surface area contributed by atoms with Gasteiger partial charge in [-0.05, 0) is 23.8 Å². The van der Waals surface area contributed by atoms with Crippen molar-refractivity contribution >= 4 is 27.5 Å². The van der Waals surface area contributed by atoms with E-state index < -0.39 is 23.6 Å². The van der Waals surface area contributed by atoms with Crippen molar-refractivity contribution in [3.8, 4) is 0 Å². The quantitative estimate of drug-likeness (QED) is 0.901. The number of carbonyl (C=O) groups excluding carboxylic acids is 1. The molecule has 0 aliphatic carbocycles. The number of nitrogens with zero attached hydrogens (tertiary/aromatic N) is 1.